The molecule has 1 fully saturated rings. The van der Waals surface area contributed by atoms with Crippen LogP contribution < -0.4 is 5.32 Å². The number of carbonyl (C=O) groups is 1. The topological polar surface area (TPSA) is 107 Å². The van der Waals surface area contributed by atoms with Gasteiger partial charge in [0.05, 0.1) is 23.4 Å². The number of fused-ring (bicyclic) bond motifs is 2. The lowest BCUT2D eigenvalue weighted by Gasteiger charge is -2.36. The molecule has 0 radical (unpaired) electrons. The van der Waals surface area contributed by atoms with Crippen LogP contribution in [0, 0.1) is 11.7 Å². The van der Waals surface area contributed by atoms with E-state index in [0.717, 1.165) is 11.4 Å². The summed E-state index contributed by atoms with van der Waals surface area (Å²) in [5, 5.41) is 18.1. The van der Waals surface area contributed by atoms with Crippen molar-refractivity contribution in [1.82, 2.24) is 29.6 Å². The highest BCUT2D eigenvalue weighted by Crippen LogP contribution is 2.31. The van der Waals surface area contributed by atoms with Crippen LogP contribution in [0.2, 0.25) is 25.7 Å². The van der Waals surface area contributed by atoms with Crippen molar-refractivity contribution in [1.29, 1.82) is 0 Å². The zero-order valence-electron chi connectivity index (χ0n) is 22.5. The molecule has 1 aromatic carbocycles. The van der Waals surface area contributed by atoms with Crippen molar-refractivity contribution in [2.24, 2.45) is 13.0 Å². The average molecular weight is 539 g/mol. The number of aliphatic hydroxyl groups excluding tert-OH is 1. The Morgan fingerprint density at radius 3 is 2.79 bits per heavy atom. The first-order valence-corrected chi connectivity index (χ1v) is 16.8. The molecule has 38 heavy (non-hydrogen) atoms. The highest BCUT2D eigenvalue weighted by atomic mass is 28.3. The van der Waals surface area contributed by atoms with Crippen LogP contribution in [-0.4, -0.2) is 62.2 Å². The third-order valence-corrected chi connectivity index (χ3v) is 9.01. The SMILES string of the molecule is CC(NC(=O)c1cn(COCC[Si](C)(C)C)c2ncc(-c3nn(C)c4cc(F)ccc34)nc12)C1CC(O)C1. The molecular formula is C27H35FN6O3Si. The van der Waals surface area contributed by atoms with Gasteiger partial charge in [-0.1, -0.05) is 19.6 Å². The summed E-state index contributed by atoms with van der Waals surface area (Å²) < 4.78 is 23.2. The second-order valence-corrected chi connectivity index (χ2v) is 17.2. The zero-order valence-corrected chi connectivity index (χ0v) is 23.5. The fourth-order valence-corrected chi connectivity index (χ4v) is 5.59. The average Bonchev–Trinajstić information content (AvgIpc) is 3.36. The quantitative estimate of drug-likeness (QED) is 0.243. The van der Waals surface area contributed by atoms with Gasteiger partial charge < -0.3 is 19.7 Å². The van der Waals surface area contributed by atoms with Gasteiger partial charge in [0.25, 0.3) is 5.91 Å². The maximum Gasteiger partial charge on any atom is 0.255 e. The number of ether oxygens (including phenoxy) is 1. The van der Waals surface area contributed by atoms with Gasteiger partial charge in [-0.15, -0.1) is 0 Å². The Morgan fingerprint density at radius 2 is 2.08 bits per heavy atom. The minimum absolute atomic E-state index is 0.0805. The van der Waals surface area contributed by atoms with Gasteiger partial charge in [-0.2, -0.15) is 5.10 Å². The van der Waals surface area contributed by atoms with Gasteiger partial charge >= 0.3 is 0 Å². The van der Waals surface area contributed by atoms with E-state index in [1.54, 1.807) is 30.2 Å². The van der Waals surface area contributed by atoms with Gasteiger partial charge in [0.1, 0.15) is 29.5 Å². The molecule has 11 heteroatoms. The van der Waals surface area contributed by atoms with Gasteiger partial charge in [-0.25, -0.2) is 14.4 Å². The smallest absolute Gasteiger partial charge is 0.255 e. The predicted molar refractivity (Wildman–Crippen MR) is 147 cm³/mol. The number of aliphatic hydroxyl groups is 1. The van der Waals surface area contributed by atoms with E-state index in [0.29, 0.717) is 53.1 Å². The molecule has 1 amide bonds. The molecule has 0 spiro atoms. The van der Waals surface area contributed by atoms with Crippen LogP contribution in [0.3, 0.4) is 0 Å². The van der Waals surface area contributed by atoms with Gasteiger partial charge in [0, 0.05) is 39.4 Å². The summed E-state index contributed by atoms with van der Waals surface area (Å²) in [6.45, 7) is 9.76. The second-order valence-electron chi connectivity index (χ2n) is 11.6. The molecule has 3 heterocycles. The lowest BCUT2D eigenvalue weighted by Crippen LogP contribution is -2.45. The summed E-state index contributed by atoms with van der Waals surface area (Å²) in [5.41, 5.74) is 3.11. The van der Waals surface area contributed by atoms with E-state index in [2.05, 4.69) is 35.0 Å². The minimum atomic E-state index is -1.24. The Morgan fingerprint density at radius 1 is 1.32 bits per heavy atom. The monoisotopic (exact) mass is 538 g/mol. The molecule has 0 aliphatic heterocycles. The number of nitrogens with zero attached hydrogens (tertiary/aromatic N) is 5. The normalized spacial score (nSPS) is 18.6. The molecule has 1 unspecified atom stereocenters. The molecule has 1 saturated carbocycles. The number of halogens is 1. The molecule has 2 N–H and O–H groups in total. The molecule has 0 bridgehead atoms. The summed E-state index contributed by atoms with van der Waals surface area (Å²) in [6.07, 6.45) is 4.46. The lowest BCUT2D eigenvalue weighted by molar-refractivity contribution is 0.0269. The van der Waals surface area contributed by atoms with Crippen LogP contribution in [-0.2, 0) is 18.5 Å². The zero-order chi connectivity index (χ0) is 27.2. The lowest BCUT2D eigenvalue weighted by atomic mass is 9.78. The predicted octanol–water partition coefficient (Wildman–Crippen LogP) is 4.33. The number of benzene rings is 1. The first-order valence-electron chi connectivity index (χ1n) is 13.1. The Balaban J connectivity index is 1.50. The summed E-state index contributed by atoms with van der Waals surface area (Å²) >= 11 is 0. The third-order valence-electron chi connectivity index (χ3n) is 7.31. The van der Waals surface area contributed by atoms with E-state index in [1.807, 2.05) is 11.5 Å². The largest absolute Gasteiger partial charge is 0.393 e. The minimum Gasteiger partial charge on any atom is -0.393 e. The molecule has 5 rings (SSSR count). The Bertz CT molecular complexity index is 1490. The van der Waals surface area contributed by atoms with E-state index in [-0.39, 0.29) is 36.5 Å². The standard InChI is InChI=1S/C27H35FN6O3Si/c1-16(17-10-19(35)11-17)30-27(36)21-14-34(15-37-8-9-38(3,4)5)26-25(21)31-22(13-29-26)24-20-7-6-18(28)12-23(20)33(2)32-24/h6-7,12-14,16-17,19,35H,8-11,15H2,1-5H3,(H,30,36). The maximum atomic E-state index is 13.8. The van der Waals surface area contributed by atoms with Crippen molar-refractivity contribution < 1.29 is 19.0 Å². The molecule has 1 aliphatic rings. The number of carbonyl (C=O) groups excluding carboxylic acids is 1. The fraction of sp³-hybridized carbons (Fsp3) is 0.481. The van der Waals surface area contributed by atoms with Crippen LogP contribution in [0.25, 0.3) is 33.5 Å². The van der Waals surface area contributed by atoms with Gasteiger partial charge in [-0.05, 0) is 49.9 Å². The summed E-state index contributed by atoms with van der Waals surface area (Å²) in [7, 11) is 0.513. The highest BCUT2D eigenvalue weighted by molar-refractivity contribution is 6.76. The van der Waals surface area contributed by atoms with Gasteiger partial charge in [-0.3, -0.25) is 9.48 Å². The van der Waals surface area contributed by atoms with E-state index >= 15 is 0 Å². The third kappa shape index (κ3) is 5.36. The second kappa shape index (κ2) is 10.2. The molecule has 3 aromatic heterocycles. The first-order chi connectivity index (χ1) is 18.0. The van der Waals surface area contributed by atoms with E-state index in [1.165, 1.54) is 12.1 Å². The number of amides is 1. The fourth-order valence-electron chi connectivity index (χ4n) is 4.83. The molecule has 1 atom stereocenters. The molecule has 202 valence electrons. The van der Waals surface area contributed by atoms with Crippen LogP contribution >= 0.6 is 0 Å². The van der Waals surface area contributed by atoms with Crippen LogP contribution in [0.4, 0.5) is 4.39 Å². The van der Waals surface area contributed by atoms with Gasteiger partial charge in [0.2, 0.25) is 0 Å². The molecular weight excluding hydrogens is 503 g/mol. The van der Waals surface area contributed by atoms with Crippen LogP contribution in [0.5, 0.6) is 0 Å². The molecule has 1 aliphatic carbocycles. The van der Waals surface area contributed by atoms with Crippen molar-refractivity contribution in [3.05, 3.63) is 42.0 Å². The summed E-state index contributed by atoms with van der Waals surface area (Å²) in [5.74, 6) is -0.342. The number of rotatable bonds is 9. The van der Waals surface area contributed by atoms with Gasteiger partial charge in [0.15, 0.2) is 5.65 Å². The van der Waals surface area contributed by atoms with E-state index < -0.39 is 8.07 Å². The maximum absolute atomic E-state index is 13.8. The van der Waals surface area contributed by atoms with E-state index in [4.69, 9.17) is 9.72 Å². The Kier molecular flexibility index (Phi) is 7.10. The summed E-state index contributed by atoms with van der Waals surface area (Å²) in [4.78, 5) is 22.9. The van der Waals surface area contributed by atoms with Crippen LogP contribution in [0.15, 0.2) is 30.6 Å². The number of nitrogens with one attached hydrogen (secondary N) is 1. The van der Waals surface area contributed by atoms with Crippen molar-refractivity contribution in [3.8, 4) is 11.4 Å². The highest BCUT2D eigenvalue weighted by Gasteiger charge is 2.33. The summed E-state index contributed by atoms with van der Waals surface area (Å²) in [6, 6.07) is 5.46. The van der Waals surface area contributed by atoms with Crippen molar-refractivity contribution >= 4 is 36.0 Å². The number of aromatic nitrogens is 5. The van der Waals surface area contributed by atoms with Crippen molar-refractivity contribution in [3.63, 3.8) is 0 Å². The molecule has 4 aromatic rings. The first kappa shape index (κ1) is 26.5. The van der Waals surface area contributed by atoms with Crippen molar-refractivity contribution in [2.75, 3.05) is 6.61 Å². The number of hydrogen-bond acceptors (Lipinski definition) is 6. The number of aryl methyl sites for hydroxylation is 1. The van der Waals surface area contributed by atoms with Crippen LogP contribution in [0.1, 0.15) is 30.1 Å². The Hall–Kier alpha value is -3.15. The van der Waals surface area contributed by atoms with E-state index in [9.17, 15) is 14.3 Å². The van der Waals surface area contributed by atoms with Crippen molar-refractivity contribution in [2.45, 2.75) is 64.3 Å². The number of hydrogen-bond donors (Lipinski definition) is 2. The molecule has 0 saturated heterocycles. The Labute approximate surface area is 222 Å². The molecule has 9 nitrogen and oxygen atoms in total.